The number of ether oxygens (including phenoxy) is 1. The Morgan fingerprint density at radius 1 is 1.35 bits per heavy atom. The highest BCUT2D eigenvalue weighted by Crippen LogP contribution is 2.36. The van der Waals surface area contributed by atoms with Crippen LogP contribution in [0.2, 0.25) is 0 Å². The number of nitrogens with zero attached hydrogens (tertiary/aromatic N) is 3. The number of carbonyl (C=O) groups excluding carboxylic acids is 1. The molecule has 1 N–H and O–H groups in total. The Balaban J connectivity index is 1.77. The standard InChI is InChI=1S/C20H27N3O3/c1-20(2,25)14-22(3)19(24)16-10-12-26-18(16)17-9-11-21-23(17)13-15-7-5-4-6-8-15/h4-9,11,16,18,25H,10,12-14H2,1-3H3/t16-,18-/m0/s1. The fourth-order valence-corrected chi connectivity index (χ4v) is 3.55. The first kappa shape index (κ1) is 18.6. The van der Waals surface area contributed by atoms with E-state index in [4.69, 9.17) is 4.74 Å². The second-order valence-electron chi connectivity index (χ2n) is 7.59. The maximum atomic E-state index is 12.9. The van der Waals surface area contributed by atoms with Crippen LogP contribution in [-0.4, -0.2) is 51.5 Å². The lowest BCUT2D eigenvalue weighted by atomic mass is 9.96. The summed E-state index contributed by atoms with van der Waals surface area (Å²) in [6, 6.07) is 12.0. The predicted octanol–water partition coefficient (Wildman–Crippen LogP) is 2.24. The van der Waals surface area contributed by atoms with Gasteiger partial charge in [0.1, 0.15) is 6.10 Å². The van der Waals surface area contributed by atoms with Crippen LogP contribution in [0.4, 0.5) is 0 Å². The van der Waals surface area contributed by atoms with Crippen LogP contribution in [0.15, 0.2) is 42.6 Å². The molecule has 1 amide bonds. The fourth-order valence-electron chi connectivity index (χ4n) is 3.55. The normalized spacial score (nSPS) is 20.3. The van der Waals surface area contributed by atoms with Gasteiger partial charge in [0.15, 0.2) is 0 Å². The number of carbonyl (C=O) groups is 1. The van der Waals surface area contributed by atoms with Crippen molar-refractivity contribution in [1.29, 1.82) is 0 Å². The van der Waals surface area contributed by atoms with Crippen LogP contribution in [0.25, 0.3) is 0 Å². The van der Waals surface area contributed by atoms with Gasteiger partial charge < -0.3 is 14.7 Å². The van der Waals surface area contributed by atoms with Crippen molar-refractivity contribution in [3.63, 3.8) is 0 Å². The van der Waals surface area contributed by atoms with Crippen LogP contribution in [0.1, 0.15) is 37.6 Å². The second-order valence-corrected chi connectivity index (χ2v) is 7.59. The van der Waals surface area contributed by atoms with Gasteiger partial charge in [0, 0.05) is 26.4 Å². The number of hydrogen-bond acceptors (Lipinski definition) is 4. The lowest BCUT2D eigenvalue weighted by Gasteiger charge is -2.29. The SMILES string of the molecule is CN(CC(C)(C)O)C(=O)[C@H]1CCO[C@@H]1c1ccnn1Cc1ccccc1. The summed E-state index contributed by atoms with van der Waals surface area (Å²) in [7, 11) is 1.73. The lowest BCUT2D eigenvalue weighted by molar-refractivity contribution is -0.138. The van der Waals surface area contributed by atoms with Gasteiger partial charge in [0.05, 0.1) is 23.8 Å². The molecule has 0 radical (unpaired) electrons. The minimum absolute atomic E-state index is 0.00193. The first-order valence-corrected chi connectivity index (χ1v) is 9.00. The van der Waals surface area contributed by atoms with E-state index in [0.29, 0.717) is 26.1 Å². The smallest absolute Gasteiger partial charge is 0.228 e. The molecule has 2 heterocycles. The number of likely N-dealkylation sites (N-methyl/N-ethyl adjacent to an activating group) is 1. The van der Waals surface area contributed by atoms with E-state index in [1.807, 2.05) is 28.9 Å². The molecule has 1 aliphatic heterocycles. The number of benzene rings is 1. The first-order valence-electron chi connectivity index (χ1n) is 9.00. The van der Waals surface area contributed by atoms with Crippen molar-refractivity contribution < 1.29 is 14.6 Å². The van der Waals surface area contributed by atoms with Crippen molar-refractivity contribution in [2.45, 2.75) is 38.5 Å². The molecule has 2 atom stereocenters. The average Bonchev–Trinajstić information content (AvgIpc) is 3.22. The summed E-state index contributed by atoms with van der Waals surface area (Å²) in [4.78, 5) is 14.5. The Labute approximate surface area is 154 Å². The van der Waals surface area contributed by atoms with Crippen LogP contribution in [-0.2, 0) is 16.1 Å². The van der Waals surface area contributed by atoms with E-state index >= 15 is 0 Å². The van der Waals surface area contributed by atoms with Crippen molar-refractivity contribution >= 4 is 5.91 Å². The summed E-state index contributed by atoms with van der Waals surface area (Å²) in [6.45, 7) is 4.89. The zero-order valence-corrected chi connectivity index (χ0v) is 15.6. The average molecular weight is 357 g/mol. The van der Waals surface area contributed by atoms with Crippen molar-refractivity contribution in [2.75, 3.05) is 20.2 Å². The predicted molar refractivity (Wildman–Crippen MR) is 98.5 cm³/mol. The third-order valence-electron chi connectivity index (χ3n) is 4.63. The fraction of sp³-hybridized carbons (Fsp3) is 0.500. The molecule has 6 nitrogen and oxygen atoms in total. The quantitative estimate of drug-likeness (QED) is 0.861. The maximum absolute atomic E-state index is 12.9. The number of rotatable bonds is 6. The zero-order chi connectivity index (χ0) is 18.7. The summed E-state index contributed by atoms with van der Waals surface area (Å²) >= 11 is 0. The molecule has 0 bridgehead atoms. The van der Waals surface area contributed by atoms with Gasteiger partial charge in [0.25, 0.3) is 0 Å². The van der Waals surface area contributed by atoms with Crippen LogP contribution >= 0.6 is 0 Å². The molecule has 1 saturated heterocycles. The molecular formula is C20H27N3O3. The summed E-state index contributed by atoms with van der Waals surface area (Å²) in [5.41, 5.74) is 1.15. The Kier molecular flexibility index (Phi) is 5.44. The van der Waals surface area contributed by atoms with Crippen molar-refractivity contribution in [2.24, 2.45) is 5.92 Å². The number of aromatic nitrogens is 2. The summed E-state index contributed by atoms with van der Waals surface area (Å²) in [6.07, 6.45) is 2.12. The number of aliphatic hydroxyl groups is 1. The largest absolute Gasteiger partial charge is 0.389 e. The summed E-state index contributed by atoms with van der Waals surface area (Å²) in [5.74, 6) is -0.254. The zero-order valence-electron chi connectivity index (χ0n) is 15.6. The Hall–Kier alpha value is -2.18. The molecule has 1 fully saturated rings. The molecule has 1 aromatic heterocycles. The van der Waals surface area contributed by atoms with E-state index < -0.39 is 5.60 Å². The van der Waals surface area contributed by atoms with Crippen molar-refractivity contribution in [3.05, 3.63) is 53.9 Å². The Bertz CT molecular complexity index is 736. The van der Waals surface area contributed by atoms with Crippen LogP contribution < -0.4 is 0 Å². The molecule has 26 heavy (non-hydrogen) atoms. The van der Waals surface area contributed by atoms with Gasteiger partial charge in [-0.05, 0) is 31.9 Å². The van der Waals surface area contributed by atoms with E-state index in [1.54, 1.807) is 32.0 Å². The maximum Gasteiger partial charge on any atom is 0.228 e. The monoisotopic (exact) mass is 357 g/mol. The van der Waals surface area contributed by atoms with Gasteiger partial charge in [-0.25, -0.2) is 0 Å². The number of hydrogen-bond donors (Lipinski definition) is 1. The Morgan fingerprint density at radius 2 is 2.08 bits per heavy atom. The van der Waals surface area contributed by atoms with E-state index in [1.165, 1.54) is 0 Å². The molecule has 0 unspecified atom stereocenters. The minimum Gasteiger partial charge on any atom is -0.389 e. The Morgan fingerprint density at radius 3 is 2.77 bits per heavy atom. The molecule has 0 saturated carbocycles. The van der Waals surface area contributed by atoms with Gasteiger partial charge >= 0.3 is 0 Å². The molecular weight excluding hydrogens is 330 g/mol. The molecule has 1 aliphatic rings. The van der Waals surface area contributed by atoms with Gasteiger partial charge in [-0.15, -0.1) is 0 Å². The summed E-state index contributed by atoms with van der Waals surface area (Å²) < 4.78 is 7.82. The van der Waals surface area contributed by atoms with Gasteiger partial charge in [-0.3, -0.25) is 9.48 Å². The third-order valence-corrected chi connectivity index (χ3v) is 4.63. The van der Waals surface area contributed by atoms with Gasteiger partial charge in [0.2, 0.25) is 5.91 Å². The van der Waals surface area contributed by atoms with E-state index in [0.717, 1.165) is 11.3 Å². The lowest BCUT2D eigenvalue weighted by Crippen LogP contribution is -2.43. The molecule has 0 aliphatic carbocycles. The van der Waals surface area contributed by atoms with Crippen LogP contribution in [0.3, 0.4) is 0 Å². The summed E-state index contributed by atoms with van der Waals surface area (Å²) in [5, 5.41) is 14.4. The molecule has 0 spiro atoms. The van der Waals surface area contributed by atoms with Gasteiger partial charge in [-0.2, -0.15) is 5.10 Å². The van der Waals surface area contributed by atoms with E-state index in [-0.39, 0.29) is 17.9 Å². The topological polar surface area (TPSA) is 67.6 Å². The van der Waals surface area contributed by atoms with Gasteiger partial charge in [-0.1, -0.05) is 30.3 Å². The van der Waals surface area contributed by atoms with E-state index in [2.05, 4.69) is 17.2 Å². The second kappa shape index (κ2) is 7.60. The molecule has 1 aromatic carbocycles. The molecule has 140 valence electrons. The highest BCUT2D eigenvalue weighted by atomic mass is 16.5. The minimum atomic E-state index is -0.922. The van der Waals surface area contributed by atoms with E-state index in [9.17, 15) is 9.90 Å². The van der Waals surface area contributed by atoms with Crippen LogP contribution in [0, 0.1) is 5.92 Å². The molecule has 3 rings (SSSR count). The first-order chi connectivity index (χ1) is 12.3. The third kappa shape index (κ3) is 4.31. The molecule has 6 heteroatoms. The number of amides is 1. The highest BCUT2D eigenvalue weighted by molar-refractivity contribution is 5.79. The molecule has 2 aromatic rings. The van der Waals surface area contributed by atoms with Crippen molar-refractivity contribution in [3.8, 4) is 0 Å². The highest BCUT2D eigenvalue weighted by Gasteiger charge is 2.39. The van der Waals surface area contributed by atoms with Crippen LogP contribution in [0.5, 0.6) is 0 Å². The van der Waals surface area contributed by atoms with Crippen molar-refractivity contribution in [1.82, 2.24) is 14.7 Å².